The average molecular weight is 335 g/mol. The molecule has 1 aromatic rings. The van der Waals surface area contributed by atoms with Gasteiger partial charge in [-0.2, -0.15) is 5.26 Å². The summed E-state index contributed by atoms with van der Waals surface area (Å²) in [6, 6.07) is 9.74. The third-order valence-corrected chi connectivity index (χ3v) is 4.04. The lowest BCUT2D eigenvalue weighted by atomic mass is 10.1. The highest BCUT2D eigenvalue weighted by Crippen LogP contribution is 2.30. The molecule has 1 atom stereocenters. The van der Waals surface area contributed by atoms with Gasteiger partial charge in [-0.15, -0.1) is 0 Å². The fraction of sp³-hybridized carbons (Fsp3) is 0.389. The van der Waals surface area contributed by atoms with E-state index in [2.05, 4.69) is 26.4 Å². The first-order valence-electron chi connectivity index (χ1n) is 8.35. The van der Waals surface area contributed by atoms with Gasteiger partial charge >= 0.3 is 0 Å². The van der Waals surface area contributed by atoms with E-state index in [1.54, 1.807) is 6.21 Å². The van der Waals surface area contributed by atoms with E-state index in [0.29, 0.717) is 42.6 Å². The molecule has 0 aromatic heterocycles. The van der Waals surface area contributed by atoms with Crippen LogP contribution >= 0.6 is 0 Å². The average Bonchev–Trinajstić information content (AvgIpc) is 3.42. The predicted octanol–water partition coefficient (Wildman–Crippen LogP) is 2.50. The Kier molecular flexibility index (Phi) is 5.19. The standard InChI is InChI=1S/C18H21N7/c19-9-7-12-1-5-14(6-2-12)23-18-22-10-8-17(25-18)24-16(21)11-15(20)13-3-4-13/h1-2,5-6,10,13,18,20,23H,3-4,7-8,11H2,(H2,21,24,25). The number of hydrogen-bond acceptors (Lipinski definition) is 6. The molecule has 1 saturated carbocycles. The summed E-state index contributed by atoms with van der Waals surface area (Å²) in [5, 5.41) is 19.8. The molecule has 7 nitrogen and oxygen atoms in total. The first kappa shape index (κ1) is 16.8. The highest BCUT2D eigenvalue weighted by molar-refractivity contribution is 6.09. The van der Waals surface area contributed by atoms with Crippen LogP contribution in [0.3, 0.4) is 0 Å². The molecule has 1 aromatic carbocycles. The monoisotopic (exact) mass is 335 g/mol. The Balaban J connectivity index is 1.60. The number of nitrogens with two attached hydrogens (primary N) is 1. The molecule has 1 aliphatic carbocycles. The number of hydrogen-bond donors (Lipinski definition) is 3. The number of anilines is 1. The van der Waals surface area contributed by atoms with E-state index in [0.717, 1.165) is 24.1 Å². The molecule has 0 radical (unpaired) electrons. The summed E-state index contributed by atoms with van der Waals surface area (Å²) in [4.78, 5) is 13.1. The van der Waals surface area contributed by atoms with Crippen LogP contribution in [0.1, 0.15) is 31.2 Å². The SMILES string of the molecule is N#CCc1ccc(NC2N=CCC(N=C(N)CC(=N)C3CC3)=N2)cc1. The first-order valence-corrected chi connectivity index (χ1v) is 8.35. The molecule has 0 bridgehead atoms. The predicted molar refractivity (Wildman–Crippen MR) is 100 cm³/mol. The fourth-order valence-corrected chi connectivity index (χ4v) is 2.54. The lowest BCUT2D eigenvalue weighted by Crippen LogP contribution is -2.23. The summed E-state index contributed by atoms with van der Waals surface area (Å²) in [6.45, 7) is 0. The minimum absolute atomic E-state index is 0.397. The number of nitrogens with zero attached hydrogens (tertiary/aromatic N) is 4. The summed E-state index contributed by atoms with van der Waals surface area (Å²) in [6.07, 6.45) is 4.87. The van der Waals surface area contributed by atoms with Gasteiger partial charge in [0.2, 0.25) is 6.29 Å². The van der Waals surface area contributed by atoms with Gasteiger partial charge < -0.3 is 16.5 Å². The summed E-state index contributed by atoms with van der Waals surface area (Å²) in [7, 11) is 0. The van der Waals surface area contributed by atoms with Crippen molar-refractivity contribution >= 4 is 29.3 Å². The Morgan fingerprint density at radius 3 is 2.80 bits per heavy atom. The summed E-state index contributed by atoms with van der Waals surface area (Å²) < 4.78 is 0. The van der Waals surface area contributed by atoms with Gasteiger partial charge in [0, 0.05) is 30.5 Å². The van der Waals surface area contributed by atoms with Crippen LogP contribution in [0.25, 0.3) is 0 Å². The van der Waals surface area contributed by atoms with Crippen LogP contribution in [-0.2, 0) is 6.42 Å². The molecule has 3 rings (SSSR count). The number of benzene rings is 1. The van der Waals surface area contributed by atoms with Crippen molar-refractivity contribution in [1.29, 1.82) is 10.7 Å². The summed E-state index contributed by atoms with van der Waals surface area (Å²) in [5.74, 6) is 1.46. The second-order valence-corrected chi connectivity index (χ2v) is 6.21. The van der Waals surface area contributed by atoms with E-state index in [1.165, 1.54) is 0 Å². The van der Waals surface area contributed by atoms with E-state index >= 15 is 0 Å². The molecule has 4 N–H and O–H groups in total. The Bertz CT molecular complexity index is 764. The minimum Gasteiger partial charge on any atom is -0.387 e. The molecule has 1 unspecified atom stereocenters. The van der Waals surface area contributed by atoms with Crippen LogP contribution in [-0.4, -0.2) is 29.9 Å². The lowest BCUT2D eigenvalue weighted by molar-refractivity contribution is 0.799. The van der Waals surface area contributed by atoms with Crippen molar-refractivity contribution in [3.63, 3.8) is 0 Å². The molecular formula is C18H21N7. The van der Waals surface area contributed by atoms with Gasteiger partial charge in [-0.1, -0.05) is 12.1 Å². The number of amidine groups is 2. The Morgan fingerprint density at radius 1 is 1.36 bits per heavy atom. The molecule has 0 spiro atoms. The molecule has 1 fully saturated rings. The maximum absolute atomic E-state index is 8.70. The maximum Gasteiger partial charge on any atom is 0.215 e. The van der Waals surface area contributed by atoms with Crippen LogP contribution in [0.2, 0.25) is 0 Å². The Morgan fingerprint density at radius 2 is 2.12 bits per heavy atom. The zero-order valence-corrected chi connectivity index (χ0v) is 13.9. The Labute approximate surface area is 146 Å². The maximum atomic E-state index is 8.70. The molecule has 0 saturated heterocycles. The minimum atomic E-state index is -0.440. The van der Waals surface area contributed by atoms with Crippen molar-refractivity contribution in [2.45, 2.75) is 38.4 Å². The lowest BCUT2D eigenvalue weighted by Gasteiger charge is -2.16. The first-order chi connectivity index (χ1) is 12.1. The zero-order valence-electron chi connectivity index (χ0n) is 13.9. The van der Waals surface area contributed by atoms with Gasteiger partial charge in [0.25, 0.3) is 0 Å². The van der Waals surface area contributed by atoms with Gasteiger partial charge in [0.1, 0.15) is 11.7 Å². The van der Waals surface area contributed by atoms with Crippen molar-refractivity contribution in [2.75, 3.05) is 5.32 Å². The third-order valence-electron chi connectivity index (χ3n) is 4.04. The van der Waals surface area contributed by atoms with Gasteiger partial charge in [-0.3, -0.25) is 4.99 Å². The second kappa shape index (κ2) is 7.71. The number of nitriles is 1. The molecule has 1 heterocycles. The molecule has 2 aliphatic rings. The van der Waals surface area contributed by atoms with E-state index in [-0.39, 0.29) is 0 Å². The third kappa shape index (κ3) is 4.98. The molecular weight excluding hydrogens is 314 g/mol. The van der Waals surface area contributed by atoms with E-state index in [4.69, 9.17) is 16.4 Å². The van der Waals surface area contributed by atoms with Gasteiger partial charge in [-0.05, 0) is 36.5 Å². The number of nitrogens with one attached hydrogen (secondary N) is 2. The quantitative estimate of drug-likeness (QED) is 0.546. The van der Waals surface area contributed by atoms with Crippen LogP contribution < -0.4 is 11.1 Å². The van der Waals surface area contributed by atoms with Crippen LogP contribution in [0.15, 0.2) is 39.2 Å². The zero-order chi connectivity index (χ0) is 17.6. The van der Waals surface area contributed by atoms with Crippen molar-refractivity contribution in [3.05, 3.63) is 29.8 Å². The fourth-order valence-electron chi connectivity index (χ4n) is 2.54. The topological polar surface area (TPSA) is 123 Å². The number of rotatable bonds is 6. The molecule has 1 aliphatic heterocycles. The number of aliphatic imine (C=N–C) groups is 3. The van der Waals surface area contributed by atoms with Crippen molar-refractivity contribution in [2.24, 2.45) is 26.6 Å². The smallest absolute Gasteiger partial charge is 0.215 e. The van der Waals surface area contributed by atoms with Crippen LogP contribution in [0, 0.1) is 22.7 Å². The van der Waals surface area contributed by atoms with Gasteiger partial charge in [-0.25, -0.2) is 9.98 Å². The van der Waals surface area contributed by atoms with Crippen LogP contribution in [0.4, 0.5) is 5.69 Å². The van der Waals surface area contributed by atoms with E-state index in [1.807, 2.05) is 24.3 Å². The summed E-state index contributed by atoms with van der Waals surface area (Å²) in [5.41, 5.74) is 8.46. The normalized spacial score (nSPS) is 19.9. The van der Waals surface area contributed by atoms with Gasteiger partial charge in [0.05, 0.1) is 12.5 Å². The molecule has 128 valence electrons. The van der Waals surface area contributed by atoms with Crippen LogP contribution in [0.5, 0.6) is 0 Å². The highest BCUT2D eigenvalue weighted by Gasteiger charge is 2.26. The van der Waals surface area contributed by atoms with Crippen molar-refractivity contribution < 1.29 is 0 Å². The van der Waals surface area contributed by atoms with E-state index in [9.17, 15) is 0 Å². The summed E-state index contributed by atoms with van der Waals surface area (Å²) >= 11 is 0. The highest BCUT2D eigenvalue weighted by atomic mass is 15.2. The molecule has 7 heteroatoms. The molecule has 25 heavy (non-hydrogen) atoms. The van der Waals surface area contributed by atoms with Gasteiger partial charge in [0.15, 0.2) is 0 Å². The van der Waals surface area contributed by atoms with Crippen molar-refractivity contribution in [3.8, 4) is 6.07 Å². The largest absolute Gasteiger partial charge is 0.387 e. The van der Waals surface area contributed by atoms with E-state index < -0.39 is 6.29 Å². The van der Waals surface area contributed by atoms with Crippen molar-refractivity contribution in [1.82, 2.24) is 0 Å². The molecule has 0 amide bonds. The second-order valence-electron chi connectivity index (χ2n) is 6.21. The Hall–Kier alpha value is -3.01.